The van der Waals surface area contributed by atoms with Crippen molar-refractivity contribution in [2.75, 3.05) is 7.11 Å². The number of rotatable bonds is 3. The summed E-state index contributed by atoms with van der Waals surface area (Å²) in [5, 5.41) is 5.29. The summed E-state index contributed by atoms with van der Waals surface area (Å²) >= 11 is 0. The van der Waals surface area contributed by atoms with E-state index in [4.69, 9.17) is 10.5 Å². The molecule has 2 N–H and O–H groups in total. The maximum atomic E-state index is 6.50. The van der Waals surface area contributed by atoms with E-state index < -0.39 is 0 Å². The third kappa shape index (κ3) is 2.25. The van der Waals surface area contributed by atoms with Crippen molar-refractivity contribution >= 4 is 10.9 Å². The van der Waals surface area contributed by atoms with Crippen LogP contribution in [0.4, 0.5) is 0 Å². The van der Waals surface area contributed by atoms with Crippen molar-refractivity contribution in [1.29, 1.82) is 0 Å². The fraction of sp³-hybridized carbons (Fsp3) is 0.250. The van der Waals surface area contributed by atoms with E-state index in [-0.39, 0.29) is 6.04 Å². The first-order valence-electron chi connectivity index (χ1n) is 6.79. The summed E-state index contributed by atoms with van der Waals surface area (Å²) in [7, 11) is 3.50. The highest BCUT2D eigenvalue weighted by atomic mass is 16.5. The standard InChI is InChI=1S/C16H18N4O/c1-10-8-12(11-6-4-5-7-13(11)19-10)15(17)16-14(21-3)9-18-20(16)2/h4-9,15H,17H2,1-3H3. The molecule has 0 aliphatic heterocycles. The minimum atomic E-state index is -0.320. The van der Waals surface area contributed by atoms with Gasteiger partial charge in [0.1, 0.15) is 5.69 Å². The molecule has 5 nitrogen and oxygen atoms in total. The molecular weight excluding hydrogens is 264 g/mol. The molecule has 3 aromatic rings. The molecule has 0 aliphatic rings. The topological polar surface area (TPSA) is 66.0 Å². The molecule has 0 spiro atoms. The van der Waals surface area contributed by atoms with Crippen molar-refractivity contribution in [3.63, 3.8) is 0 Å². The smallest absolute Gasteiger partial charge is 0.161 e. The van der Waals surface area contributed by atoms with Gasteiger partial charge in [-0.3, -0.25) is 9.67 Å². The number of benzene rings is 1. The van der Waals surface area contributed by atoms with Crippen LogP contribution >= 0.6 is 0 Å². The van der Waals surface area contributed by atoms with Crippen LogP contribution in [0.15, 0.2) is 36.5 Å². The SMILES string of the molecule is COc1cnn(C)c1C(N)c1cc(C)nc2ccccc12. The molecule has 1 atom stereocenters. The second-order valence-corrected chi connectivity index (χ2v) is 5.07. The van der Waals surface area contributed by atoms with E-state index in [1.807, 2.05) is 44.3 Å². The van der Waals surface area contributed by atoms with Crippen LogP contribution in [0, 0.1) is 6.92 Å². The van der Waals surface area contributed by atoms with E-state index >= 15 is 0 Å². The van der Waals surface area contributed by atoms with Crippen LogP contribution in [0.5, 0.6) is 5.75 Å². The lowest BCUT2D eigenvalue weighted by molar-refractivity contribution is 0.406. The van der Waals surface area contributed by atoms with E-state index in [9.17, 15) is 0 Å². The van der Waals surface area contributed by atoms with Crippen molar-refractivity contribution < 1.29 is 4.74 Å². The third-order valence-corrected chi connectivity index (χ3v) is 3.68. The summed E-state index contributed by atoms with van der Waals surface area (Å²) in [6.45, 7) is 1.98. The number of hydrogen-bond donors (Lipinski definition) is 1. The Hall–Kier alpha value is -2.40. The average Bonchev–Trinajstić information content (AvgIpc) is 2.86. The van der Waals surface area contributed by atoms with E-state index in [1.54, 1.807) is 18.0 Å². The van der Waals surface area contributed by atoms with Crippen LogP contribution in [-0.2, 0) is 7.05 Å². The van der Waals surface area contributed by atoms with E-state index in [2.05, 4.69) is 10.1 Å². The van der Waals surface area contributed by atoms with Crippen LogP contribution in [0.3, 0.4) is 0 Å². The van der Waals surface area contributed by atoms with E-state index in [0.717, 1.165) is 27.9 Å². The van der Waals surface area contributed by atoms with Crippen LogP contribution < -0.4 is 10.5 Å². The molecule has 0 bridgehead atoms. The number of nitrogens with two attached hydrogens (primary N) is 1. The van der Waals surface area contributed by atoms with E-state index in [1.165, 1.54) is 0 Å². The molecule has 0 radical (unpaired) electrons. The molecular formula is C16H18N4O. The second-order valence-electron chi connectivity index (χ2n) is 5.07. The van der Waals surface area contributed by atoms with Gasteiger partial charge in [-0.1, -0.05) is 18.2 Å². The highest BCUT2D eigenvalue weighted by Gasteiger charge is 2.21. The largest absolute Gasteiger partial charge is 0.493 e. The zero-order valence-corrected chi connectivity index (χ0v) is 12.4. The number of para-hydroxylation sites is 1. The van der Waals surface area contributed by atoms with Gasteiger partial charge in [-0.15, -0.1) is 0 Å². The Morgan fingerprint density at radius 3 is 2.81 bits per heavy atom. The molecule has 0 aliphatic carbocycles. The molecule has 21 heavy (non-hydrogen) atoms. The Labute approximate surface area is 123 Å². The molecule has 0 saturated carbocycles. The quantitative estimate of drug-likeness (QED) is 0.800. The Morgan fingerprint density at radius 2 is 2.05 bits per heavy atom. The summed E-state index contributed by atoms with van der Waals surface area (Å²) in [6, 6.07) is 9.72. The van der Waals surface area contributed by atoms with Crippen molar-refractivity contribution in [2.45, 2.75) is 13.0 Å². The van der Waals surface area contributed by atoms with E-state index in [0.29, 0.717) is 5.75 Å². The first-order chi connectivity index (χ1) is 10.1. The first-order valence-corrected chi connectivity index (χ1v) is 6.79. The Bertz CT molecular complexity index is 794. The summed E-state index contributed by atoms with van der Waals surface area (Å²) < 4.78 is 7.13. The van der Waals surface area contributed by atoms with Gasteiger partial charge in [-0.05, 0) is 24.6 Å². The summed E-state index contributed by atoms with van der Waals surface area (Å²) in [4.78, 5) is 4.56. The van der Waals surface area contributed by atoms with Crippen LogP contribution in [0.1, 0.15) is 23.0 Å². The highest BCUT2D eigenvalue weighted by molar-refractivity contribution is 5.83. The average molecular weight is 282 g/mol. The van der Waals surface area contributed by atoms with Gasteiger partial charge in [-0.25, -0.2) is 0 Å². The normalized spacial score (nSPS) is 12.6. The number of aromatic nitrogens is 3. The fourth-order valence-electron chi connectivity index (χ4n) is 2.68. The number of nitrogens with zero attached hydrogens (tertiary/aromatic N) is 3. The lowest BCUT2D eigenvalue weighted by Crippen LogP contribution is -2.17. The summed E-state index contributed by atoms with van der Waals surface area (Å²) in [6.07, 6.45) is 1.69. The number of methoxy groups -OCH3 is 1. The predicted octanol–water partition coefficient (Wildman–Crippen LogP) is 2.33. The number of aryl methyl sites for hydroxylation is 2. The molecule has 2 aromatic heterocycles. The Kier molecular flexibility index (Phi) is 3.35. The molecule has 1 aromatic carbocycles. The lowest BCUT2D eigenvalue weighted by Gasteiger charge is -2.17. The van der Waals surface area contributed by atoms with Gasteiger partial charge in [0.25, 0.3) is 0 Å². The second kappa shape index (κ2) is 5.18. The van der Waals surface area contributed by atoms with Gasteiger partial charge < -0.3 is 10.5 Å². The van der Waals surface area contributed by atoms with Gasteiger partial charge in [0.05, 0.1) is 24.9 Å². The number of ether oxygens (including phenoxy) is 1. The van der Waals surface area contributed by atoms with Crippen molar-refractivity contribution in [2.24, 2.45) is 12.8 Å². The maximum Gasteiger partial charge on any atom is 0.161 e. The maximum absolute atomic E-state index is 6.50. The molecule has 0 amide bonds. The van der Waals surface area contributed by atoms with Gasteiger partial charge in [0.2, 0.25) is 0 Å². The zero-order valence-electron chi connectivity index (χ0n) is 12.4. The lowest BCUT2D eigenvalue weighted by atomic mass is 9.98. The van der Waals surface area contributed by atoms with Gasteiger partial charge in [0.15, 0.2) is 5.75 Å². The summed E-state index contributed by atoms with van der Waals surface area (Å²) in [5.74, 6) is 0.698. The highest BCUT2D eigenvalue weighted by Crippen LogP contribution is 2.31. The summed E-state index contributed by atoms with van der Waals surface area (Å²) in [5.41, 5.74) is 10.3. The molecule has 0 saturated heterocycles. The first kappa shape index (κ1) is 13.6. The fourth-order valence-corrected chi connectivity index (χ4v) is 2.68. The van der Waals surface area contributed by atoms with Gasteiger partial charge >= 0.3 is 0 Å². The number of pyridine rings is 1. The predicted molar refractivity (Wildman–Crippen MR) is 82.3 cm³/mol. The molecule has 5 heteroatoms. The molecule has 108 valence electrons. The van der Waals surface area contributed by atoms with Gasteiger partial charge in [-0.2, -0.15) is 5.10 Å². The molecule has 3 rings (SSSR count). The number of hydrogen-bond acceptors (Lipinski definition) is 4. The van der Waals surface area contributed by atoms with Crippen molar-refractivity contribution in [1.82, 2.24) is 14.8 Å². The van der Waals surface area contributed by atoms with Crippen LogP contribution in [-0.4, -0.2) is 21.9 Å². The van der Waals surface area contributed by atoms with Crippen molar-refractivity contribution in [3.05, 3.63) is 53.5 Å². The monoisotopic (exact) mass is 282 g/mol. The Balaban J connectivity index is 2.22. The van der Waals surface area contributed by atoms with Crippen molar-refractivity contribution in [3.8, 4) is 5.75 Å². The molecule has 1 unspecified atom stereocenters. The number of fused-ring (bicyclic) bond motifs is 1. The minimum Gasteiger partial charge on any atom is -0.493 e. The zero-order chi connectivity index (χ0) is 15.0. The Morgan fingerprint density at radius 1 is 1.29 bits per heavy atom. The molecule has 0 fully saturated rings. The van der Waals surface area contributed by atoms with Gasteiger partial charge in [0, 0.05) is 18.1 Å². The van der Waals surface area contributed by atoms with Crippen LogP contribution in [0.2, 0.25) is 0 Å². The van der Waals surface area contributed by atoms with Crippen LogP contribution in [0.25, 0.3) is 10.9 Å². The molecule has 2 heterocycles. The third-order valence-electron chi connectivity index (χ3n) is 3.68. The minimum absolute atomic E-state index is 0.320.